The summed E-state index contributed by atoms with van der Waals surface area (Å²) in [5.74, 6) is -0.973. The van der Waals surface area contributed by atoms with Crippen molar-refractivity contribution in [3.8, 4) is 5.75 Å². The second-order valence-electron chi connectivity index (χ2n) is 3.72. The molecule has 0 radical (unpaired) electrons. The zero-order chi connectivity index (χ0) is 13.5. The second kappa shape index (κ2) is 6.76. The van der Waals surface area contributed by atoms with Gasteiger partial charge in [0.05, 0.1) is 6.61 Å². The molecular formula is C13H16FNO3. The van der Waals surface area contributed by atoms with Crippen LogP contribution in [0, 0.1) is 5.82 Å². The van der Waals surface area contributed by atoms with Gasteiger partial charge in [0.15, 0.2) is 17.7 Å². The van der Waals surface area contributed by atoms with E-state index in [1.807, 2.05) is 0 Å². The van der Waals surface area contributed by atoms with Crippen molar-refractivity contribution in [3.05, 3.63) is 42.2 Å². The lowest BCUT2D eigenvalue weighted by molar-refractivity contribution is -0.127. The van der Waals surface area contributed by atoms with Crippen LogP contribution in [0.1, 0.15) is 12.5 Å². The fourth-order valence-corrected chi connectivity index (χ4v) is 1.30. The molecule has 5 heteroatoms. The van der Waals surface area contributed by atoms with Gasteiger partial charge in [-0.2, -0.15) is 0 Å². The number of nitrogens with one attached hydrogen (secondary N) is 1. The molecule has 1 aromatic rings. The monoisotopic (exact) mass is 253 g/mol. The topological polar surface area (TPSA) is 58.6 Å². The number of carbonyl (C=O) groups is 1. The van der Waals surface area contributed by atoms with Gasteiger partial charge in [0.1, 0.15) is 0 Å². The molecule has 0 aromatic heterocycles. The van der Waals surface area contributed by atoms with Gasteiger partial charge in [0, 0.05) is 6.54 Å². The van der Waals surface area contributed by atoms with E-state index in [2.05, 4.69) is 11.9 Å². The molecule has 1 unspecified atom stereocenters. The molecule has 0 heterocycles. The van der Waals surface area contributed by atoms with Crippen LogP contribution in [-0.4, -0.2) is 23.7 Å². The Labute approximate surface area is 105 Å². The number of aliphatic hydroxyl groups is 1. The van der Waals surface area contributed by atoms with Crippen LogP contribution in [0.4, 0.5) is 4.39 Å². The van der Waals surface area contributed by atoms with Crippen LogP contribution in [-0.2, 0) is 11.4 Å². The summed E-state index contributed by atoms with van der Waals surface area (Å²) in [5, 5.41) is 11.4. The van der Waals surface area contributed by atoms with Crippen LogP contribution in [0.3, 0.4) is 0 Å². The lowest BCUT2D eigenvalue weighted by Crippen LogP contribution is -2.36. The van der Waals surface area contributed by atoms with E-state index in [9.17, 15) is 9.18 Å². The normalized spacial score (nSPS) is 11.7. The van der Waals surface area contributed by atoms with Gasteiger partial charge in [-0.15, -0.1) is 6.58 Å². The van der Waals surface area contributed by atoms with Gasteiger partial charge in [-0.3, -0.25) is 4.79 Å². The summed E-state index contributed by atoms with van der Waals surface area (Å²) in [6, 6.07) is 4.09. The maximum atomic E-state index is 13.5. The molecule has 18 heavy (non-hydrogen) atoms. The third-order valence-corrected chi connectivity index (χ3v) is 2.27. The molecule has 1 atom stereocenters. The Kier molecular flexibility index (Phi) is 5.32. The number of ether oxygens (including phenoxy) is 1. The quantitative estimate of drug-likeness (QED) is 0.753. The van der Waals surface area contributed by atoms with E-state index < -0.39 is 11.9 Å². The summed E-state index contributed by atoms with van der Waals surface area (Å²) < 4.78 is 18.7. The van der Waals surface area contributed by atoms with Crippen molar-refractivity contribution >= 4 is 5.91 Å². The highest BCUT2D eigenvalue weighted by Crippen LogP contribution is 2.19. The minimum Gasteiger partial charge on any atom is -0.478 e. The van der Waals surface area contributed by atoms with Crippen LogP contribution >= 0.6 is 0 Å². The van der Waals surface area contributed by atoms with E-state index in [1.165, 1.54) is 25.1 Å². The number of rotatable bonds is 6. The summed E-state index contributed by atoms with van der Waals surface area (Å²) in [6.45, 7) is 5.08. The van der Waals surface area contributed by atoms with E-state index in [0.717, 1.165) is 0 Å². The average molecular weight is 253 g/mol. The van der Waals surface area contributed by atoms with Crippen molar-refractivity contribution in [3.63, 3.8) is 0 Å². The molecule has 0 aliphatic heterocycles. The molecule has 0 fully saturated rings. The Balaban J connectivity index is 2.66. The van der Waals surface area contributed by atoms with Gasteiger partial charge in [0.2, 0.25) is 0 Å². The molecule has 1 rings (SSSR count). The number of amides is 1. The number of carbonyl (C=O) groups excluding carboxylic acids is 1. The lowest BCUT2D eigenvalue weighted by Gasteiger charge is -2.14. The molecule has 0 saturated heterocycles. The van der Waals surface area contributed by atoms with Crippen molar-refractivity contribution in [2.45, 2.75) is 19.6 Å². The minimum absolute atomic E-state index is 0.0200. The molecule has 0 spiro atoms. The molecular weight excluding hydrogens is 237 g/mol. The van der Waals surface area contributed by atoms with Crippen molar-refractivity contribution in [1.82, 2.24) is 5.32 Å². The zero-order valence-electron chi connectivity index (χ0n) is 10.1. The Hall–Kier alpha value is -1.88. The number of aliphatic hydroxyl groups excluding tert-OH is 1. The summed E-state index contributed by atoms with van der Waals surface area (Å²) in [7, 11) is 0. The number of hydrogen-bond donors (Lipinski definition) is 2. The Bertz CT molecular complexity index is 434. The highest BCUT2D eigenvalue weighted by molar-refractivity contribution is 5.80. The van der Waals surface area contributed by atoms with E-state index >= 15 is 0 Å². The lowest BCUT2D eigenvalue weighted by atomic mass is 10.2. The SMILES string of the molecule is C=CCNC(=O)C(C)Oc1ccc(CO)cc1F. The first-order valence-electron chi connectivity index (χ1n) is 5.53. The summed E-state index contributed by atoms with van der Waals surface area (Å²) in [6.07, 6.45) is 0.737. The van der Waals surface area contributed by atoms with E-state index in [-0.39, 0.29) is 18.3 Å². The second-order valence-corrected chi connectivity index (χ2v) is 3.72. The maximum absolute atomic E-state index is 13.5. The molecule has 1 aromatic carbocycles. The summed E-state index contributed by atoms with van der Waals surface area (Å²) >= 11 is 0. The zero-order valence-corrected chi connectivity index (χ0v) is 10.1. The fraction of sp³-hybridized carbons (Fsp3) is 0.308. The van der Waals surface area contributed by atoms with Crippen LogP contribution in [0.15, 0.2) is 30.9 Å². The molecule has 98 valence electrons. The largest absolute Gasteiger partial charge is 0.478 e. The average Bonchev–Trinajstić information content (AvgIpc) is 2.38. The van der Waals surface area contributed by atoms with Gasteiger partial charge in [-0.1, -0.05) is 12.1 Å². The van der Waals surface area contributed by atoms with Gasteiger partial charge in [-0.25, -0.2) is 4.39 Å². The first kappa shape index (κ1) is 14.2. The van der Waals surface area contributed by atoms with E-state index in [4.69, 9.17) is 9.84 Å². The third-order valence-electron chi connectivity index (χ3n) is 2.27. The first-order chi connectivity index (χ1) is 8.58. The van der Waals surface area contributed by atoms with Crippen molar-refractivity contribution < 1.29 is 19.0 Å². The maximum Gasteiger partial charge on any atom is 0.261 e. The molecule has 4 nitrogen and oxygen atoms in total. The first-order valence-corrected chi connectivity index (χ1v) is 5.53. The standard InChI is InChI=1S/C13H16FNO3/c1-3-6-15-13(17)9(2)18-12-5-4-10(8-16)7-11(12)14/h3-5,7,9,16H,1,6,8H2,2H3,(H,15,17). The summed E-state index contributed by atoms with van der Waals surface area (Å²) in [5.41, 5.74) is 0.448. The molecule has 0 aliphatic carbocycles. The Morgan fingerprint density at radius 2 is 2.39 bits per heavy atom. The van der Waals surface area contributed by atoms with E-state index in [1.54, 1.807) is 6.08 Å². The molecule has 1 amide bonds. The highest BCUT2D eigenvalue weighted by Gasteiger charge is 2.15. The fourth-order valence-electron chi connectivity index (χ4n) is 1.30. The minimum atomic E-state index is -0.806. The van der Waals surface area contributed by atoms with Gasteiger partial charge >= 0.3 is 0 Å². The Morgan fingerprint density at radius 3 is 2.94 bits per heavy atom. The molecule has 0 bridgehead atoms. The Morgan fingerprint density at radius 1 is 1.67 bits per heavy atom. The van der Waals surface area contributed by atoms with Crippen LogP contribution in [0.5, 0.6) is 5.75 Å². The van der Waals surface area contributed by atoms with E-state index in [0.29, 0.717) is 12.1 Å². The molecule has 2 N–H and O–H groups in total. The summed E-state index contributed by atoms with van der Waals surface area (Å²) in [4.78, 5) is 11.5. The van der Waals surface area contributed by atoms with Crippen LogP contribution in [0.2, 0.25) is 0 Å². The van der Waals surface area contributed by atoms with Gasteiger partial charge in [0.25, 0.3) is 5.91 Å². The smallest absolute Gasteiger partial charge is 0.261 e. The van der Waals surface area contributed by atoms with Crippen molar-refractivity contribution in [2.75, 3.05) is 6.54 Å². The number of benzene rings is 1. The number of halogens is 1. The number of hydrogen-bond acceptors (Lipinski definition) is 3. The molecule has 0 saturated carbocycles. The van der Waals surface area contributed by atoms with Crippen molar-refractivity contribution in [2.24, 2.45) is 0 Å². The predicted octanol–water partition coefficient (Wildman–Crippen LogP) is 1.39. The van der Waals surface area contributed by atoms with Gasteiger partial charge < -0.3 is 15.2 Å². The molecule has 0 aliphatic rings. The van der Waals surface area contributed by atoms with Crippen LogP contribution in [0.25, 0.3) is 0 Å². The van der Waals surface area contributed by atoms with Crippen LogP contribution < -0.4 is 10.1 Å². The predicted molar refractivity (Wildman–Crippen MR) is 65.6 cm³/mol. The van der Waals surface area contributed by atoms with Crippen molar-refractivity contribution in [1.29, 1.82) is 0 Å². The van der Waals surface area contributed by atoms with Gasteiger partial charge in [-0.05, 0) is 24.6 Å². The highest BCUT2D eigenvalue weighted by atomic mass is 19.1. The third kappa shape index (κ3) is 3.85.